The van der Waals surface area contributed by atoms with E-state index in [1.807, 2.05) is 11.8 Å². The van der Waals surface area contributed by atoms with Crippen LogP contribution in [0, 0.1) is 0 Å². The van der Waals surface area contributed by atoms with Gasteiger partial charge in [-0.1, -0.05) is 139 Å². The zero-order chi connectivity index (χ0) is 28.4. The fraction of sp³-hybridized carbons (Fsp3) is 0.0244. The highest BCUT2D eigenvalue weighted by Crippen LogP contribution is 2.56. The molecule has 0 atom stereocenters. The molecule has 1 nitrogen and oxygen atoms in total. The summed E-state index contributed by atoms with van der Waals surface area (Å²) < 4.78 is 6.52. The molecule has 2 aliphatic heterocycles. The Morgan fingerprint density at radius 3 is 1.91 bits per heavy atom. The minimum absolute atomic E-state index is 0.538. The first kappa shape index (κ1) is 24.5. The predicted octanol–water partition coefficient (Wildman–Crippen LogP) is 11.1. The Morgan fingerprint density at radius 2 is 1.09 bits per heavy atom. The Balaban J connectivity index is 1.32. The molecule has 0 aliphatic carbocycles. The molecule has 0 aromatic heterocycles. The van der Waals surface area contributed by atoms with Gasteiger partial charge in [-0.25, -0.2) is 0 Å². The van der Waals surface area contributed by atoms with Gasteiger partial charge < -0.3 is 4.74 Å². The first-order chi connectivity index (χ1) is 21.3. The van der Waals surface area contributed by atoms with Crippen molar-refractivity contribution in [2.45, 2.75) is 15.2 Å². The van der Waals surface area contributed by atoms with Gasteiger partial charge in [-0.2, -0.15) is 0 Å². The molecule has 7 aromatic rings. The van der Waals surface area contributed by atoms with Crippen molar-refractivity contribution >= 4 is 22.5 Å². The molecular weight excluding hydrogens is 541 g/mol. The average molecular weight is 567 g/mol. The third-order valence-corrected chi connectivity index (χ3v) is 10.2. The van der Waals surface area contributed by atoms with Crippen LogP contribution in [0.2, 0.25) is 0 Å². The molecule has 7 aromatic carbocycles. The van der Waals surface area contributed by atoms with Crippen molar-refractivity contribution in [3.8, 4) is 33.8 Å². The SMILES string of the molecule is c1ccc(C2(c3cccc(-c4ccc5c6c(cccc46)-c4ccccc4S5)c3)c3ccccc3Oc3ccccc32)cc1. The van der Waals surface area contributed by atoms with E-state index in [-0.39, 0.29) is 0 Å². The summed E-state index contributed by atoms with van der Waals surface area (Å²) in [6, 6.07) is 57.2. The van der Waals surface area contributed by atoms with Crippen LogP contribution in [-0.2, 0) is 5.41 Å². The Hall–Kier alpha value is -5.05. The molecule has 2 heterocycles. The number of benzene rings is 7. The maximum Gasteiger partial charge on any atom is 0.132 e. The summed E-state index contributed by atoms with van der Waals surface area (Å²) >= 11 is 1.87. The molecule has 0 radical (unpaired) electrons. The average Bonchev–Trinajstić information content (AvgIpc) is 3.08. The first-order valence-electron chi connectivity index (χ1n) is 14.7. The fourth-order valence-electron chi connectivity index (χ4n) is 7.22. The minimum Gasteiger partial charge on any atom is -0.457 e. The summed E-state index contributed by atoms with van der Waals surface area (Å²) in [6.07, 6.45) is 0. The van der Waals surface area contributed by atoms with Crippen LogP contribution < -0.4 is 4.74 Å². The molecule has 0 amide bonds. The van der Waals surface area contributed by atoms with Crippen molar-refractivity contribution in [1.82, 2.24) is 0 Å². The van der Waals surface area contributed by atoms with Gasteiger partial charge in [-0.15, -0.1) is 0 Å². The molecule has 43 heavy (non-hydrogen) atoms. The Morgan fingerprint density at radius 1 is 0.442 bits per heavy atom. The van der Waals surface area contributed by atoms with Gasteiger partial charge in [0.1, 0.15) is 11.5 Å². The lowest BCUT2D eigenvalue weighted by Crippen LogP contribution is -2.34. The van der Waals surface area contributed by atoms with Crippen molar-refractivity contribution < 1.29 is 4.74 Å². The number of fused-ring (bicyclic) bond motifs is 4. The summed E-state index contributed by atoms with van der Waals surface area (Å²) in [6.45, 7) is 0. The summed E-state index contributed by atoms with van der Waals surface area (Å²) in [7, 11) is 0. The van der Waals surface area contributed by atoms with Gasteiger partial charge in [0, 0.05) is 26.3 Å². The lowest BCUT2D eigenvalue weighted by Gasteiger charge is -2.41. The second-order valence-corrected chi connectivity index (χ2v) is 12.3. The van der Waals surface area contributed by atoms with Crippen LogP contribution >= 0.6 is 11.8 Å². The zero-order valence-corrected chi connectivity index (χ0v) is 24.1. The Labute approximate surface area is 255 Å². The van der Waals surface area contributed by atoms with Crippen LogP contribution in [0.4, 0.5) is 0 Å². The molecule has 0 saturated heterocycles. The number of rotatable bonds is 3. The highest BCUT2D eigenvalue weighted by molar-refractivity contribution is 7.99. The van der Waals surface area contributed by atoms with Crippen molar-refractivity contribution in [3.05, 3.63) is 180 Å². The third-order valence-electron chi connectivity index (χ3n) is 9.01. The van der Waals surface area contributed by atoms with E-state index in [1.54, 1.807) is 0 Å². The van der Waals surface area contributed by atoms with Crippen LogP contribution in [0.1, 0.15) is 22.3 Å². The summed E-state index contributed by atoms with van der Waals surface area (Å²) in [5.74, 6) is 1.79. The number of hydrogen-bond acceptors (Lipinski definition) is 2. The van der Waals surface area contributed by atoms with Gasteiger partial charge >= 0.3 is 0 Å². The molecule has 0 unspecified atom stereocenters. The van der Waals surface area contributed by atoms with E-state index in [4.69, 9.17) is 4.74 Å². The van der Waals surface area contributed by atoms with Crippen LogP contribution in [0.5, 0.6) is 11.5 Å². The summed E-state index contributed by atoms with van der Waals surface area (Å²) in [5.41, 5.74) is 9.30. The van der Waals surface area contributed by atoms with Gasteiger partial charge in [0.2, 0.25) is 0 Å². The zero-order valence-electron chi connectivity index (χ0n) is 23.3. The molecule has 0 fully saturated rings. The van der Waals surface area contributed by atoms with E-state index < -0.39 is 5.41 Å². The normalized spacial score (nSPS) is 13.9. The smallest absolute Gasteiger partial charge is 0.132 e. The van der Waals surface area contributed by atoms with Crippen molar-refractivity contribution in [2.24, 2.45) is 0 Å². The predicted molar refractivity (Wildman–Crippen MR) is 177 cm³/mol. The molecule has 9 rings (SSSR count). The van der Waals surface area contributed by atoms with E-state index >= 15 is 0 Å². The molecule has 0 spiro atoms. The van der Waals surface area contributed by atoms with E-state index in [9.17, 15) is 0 Å². The quantitative estimate of drug-likeness (QED) is 0.210. The third kappa shape index (κ3) is 3.54. The first-order valence-corrected chi connectivity index (χ1v) is 15.5. The van der Waals surface area contributed by atoms with Gasteiger partial charge in [-0.3, -0.25) is 0 Å². The van der Waals surface area contributed by atoms with Crippen LogP contribution in [0.3, 0.4) is 0 Å². The maximum absolute atomic E-state index is 6.52. The standard InChI is InChI=1S/C41H26OS/c1-2-13-28(14-3-1)41(34-19-5-7-21-36(34)42-37-22-8-6-20-35(37)41)29-15-10-12-27(26-29)30-24-25-39-40-32(30)17-11-18-33(40)31-16-4-9-23-38(31)43-39/h1-26H. The lowest BCUT2D eigenvalue weighted by atomic mass is 9.63. The van der Waals surface area contributed by atoms with Gasteiger partial charge in [0.15, 0.2) is 0 Å². The van der Waals surface area contributed by atoms with Gasteiger partial charge in [0.05, 0.1) is 5.41 Å². The molecule has 0 saturated carbocycles. The van der Waals surface area contributed by atoms with Crippen molar-refractivity contribution in [3.63, 3.8) is 0 Å². The van der Waals surface area contributed by atoms with Crippen LogP contribution in [-0.4, -0.2) is 0 Å². The maximum atomic E-state index is 6.52. The highest BCUT2D eigenvalue weighted by atomic mass is 32.2. The minimum atomic E-state index is -0.538. The molecule has 202 valence electrons. The number of ether oxygens (including phenoxy) is 1. The highest BCUT2D eigenvalue weighted by Gasteiger charge is 2.45. The molecule has 2 heteroatoms. The summed E-state index contributed by atoms with van der Waals surface area (Å²) in [5, 5.41) is 2.63. The van der Waals surface area contributed by atoms with Crippen molar-refractivity contribution in [1.29, 1.82) is 0 Å². The monoisotopic (exact) mass is 566 g/mol. The largest absolute Gasteiger partial charge is 0.457 e. The van der Waals surface area contributed by atoms with Crippen molar-refractivity contribution in [2.75, 3.05) is 0 Å². The van der Waals surface area contributed by atoms with E-state index in [2.05, 4.69) is 158 Å². The van der Waals surface area contributed by atoms with Crippen LogP contribution in [0.25, 0.3) is 33.0 Å². The second-order valence-electron chi connectivity index (χ2n) is 11.2. The lowest BCUT2D eigenvalue weighted by molar-refractivity contribution is 0.434. The van der Waals surface area contributed by atoms with Crippen LogP contribution in [0.15, 0.2) is 168 Å². The Kier molecular flexibility index (Phi) is 5.41. The second kappa shape index (κ2) is 9.49. The Bertz CT molecular complexity index is 2150. The summed E-state index contributed by atoms with van der Waals surface area (Å²) in [4.78, 5) is 2.64. The molecular formula is C41H26OS. The van der Waals surface area contributed by atoms with E-state index in [1.165, 1.54) is 53.9 Å². The fourth-order valence-corrected chi connectivity index (χ4v) is 8.35. The van der Waals surface area contributed by atoms with Gasteiger partial charge in [-0.05, 0) is 69.1 Å². The molecule has 0 N–H and O–H groups in total. The molecule has 2 aliphatic rings. The number of para-hydroxylation sites is 2. The topological polar surface area (TPSA) is 9.23 Å². The molecule has 0 bridgehead atoms. The van der Waals surface area contributed by atoms with Gasteiger partial charge in [0.25, 0.3) is 0 Å². The van der Waals surface area contributed by atoms with E-state index in [0.29, 0.717) is 0 Å². The number of hydrogen-bond donors (Lipinski definition) is 0. The van der Waals surface area contributed by atoms with E-state index in [0.717, 1.165) is 22.6 Å².